The van der Waals surface area contributed by atoms with Crippen molar-refractivity contribution in [1.29, 1.82) is 0 Å². The van der Waals surface area contributed by atoms with Crippen LogP contribution in [0.15, 0.2) is 22.6 Å². The summed E-state index contributed by atoms with van der Waals surface area (Å²) < 4.78 is 35.6. The summed E-state index contributed by atoms with van der Waals surface area (Å²) >= 11 is 0. The molecule has 1 aromatic heterocycles. The zero-order valence-electron chi connectivity index (χ0n) is 30.9. The molecule has 0 radical (unpaired) electrons. The third kappa shape index (κ3) is 9.61. The topological polar surface area (TPSA) is 136 Å². The van der Waals surface area contributed by atoms with Crippen LogP contribution < -0.4 is 10.6 Å². The zero-order chi connectivity index (χ0) is 36.7. The van der Waals surface area contributed by atoms with Crippen LogP contribution in [-0.2, 0) is 23.8 Å². The highest BCUT2D eigenvalue weighted by Crippen LogP contribution is 2.41. The molecule has 1 saturated heterocycles. The summed E-state index contributed by atoms with van der Waals surface area (Å²) in [6.07, 6.45) is 8.64. The molecular formula is C39H56FN3O8. The summed E-state index contributed by atoms with van der Waals surface area (Å²) in [5.74, 6) is -0.555. The molecule has 3 atom stereocenters. The number of hydrogen-bond acceptors (Lipinski definition) is 8. The van der Waals surface area contributed by atoms with E-state index < -0.39 is 36.4 Å². The Balaban J connectivity index is 1.27. The number of esters is 1. The van der Waals surface area contributed by atoms with E-state index in [1.165, 1.54) is 6.42 Å². The van der Waals surface area contributed by atoms with Crippen LogP contribution in [0.3, 0.4) is 0 Å². The van der Waals surface area contributed by atoms with Crippen molar-refractivity contribution in [3.05, 3.63) is 29.5 Å². The number of hydrogen-bond donors (Lipinski definition) is 2. The first-order chi connectivity index (χ1) is 24.4. The number of fused-ring (bicyclic) bond motifs is 1. The maximum absolute atomic E-state index is 14.2. The molecule has 1 aliphatic heterocycles. The maximum atomic E-state index is 14.2. The van der Waals surface area contributed by atoms with Gasteiger partial charge in [0, 0.05) is 49.2 Å². The lowest BCUT2D eigenvalue weighted by Gasteiger charge is -2.37. The van der Waals surface area contributed by atoms with Crippen LogP contribution in [0.1, 0.15) is 108 Å². The standard InChI is InChI=1S/C39H56FN3O8/c1-24-30-22-28(16-17-32(30)50-34(24)37(46)49-21-9-20-48-5)41-35(44)33-29(25-10-7-6-8-11-25)18-19-43(33)36(45)27-14-12-26(13-15-27)31(23-40)42-38(47)51-39(2,3)4/h16-17,22,25-27,29,31,33H,6-15,18-21,23H2,1-5H3,(H,41,44)(H,42,47)/t26-,27-,29-,31+,33-/m0/s1. The average molecular weight is 714 g/mol. The first-order valence-electron chi connectivity index (χ1n) is 18.8. The van der Waals surface area contributed by atoms with Crippen molar-refractivity contribution in [2.75, 3.05) is 38.9 Å². The molecular weight excluding hydrogens is 657 g/mol. The summed E-state index contributed by atoms with van der Waals surface area (Å²) in [5, 5.41) is 6.51. The van der Waals surface area contributed by atoms with Gasteiger partial charge in [-0.2, -0.15) is 0 Å². The van der Waals surface area contributed by atoms with Crippen LogP contribution in [0, 0.1) is 30.6 Å². The van der Waals surface area contributed by atoms with Gasteiger partial charge < -0.3 is 34.2 Å². The largest absolute Gasteiger partial charge is 0.460 e. The summed E-state index contributed by atoms with van der Waals surface area (Å²) in [5.41, 5.74) is 1.02. The number of rotatable bonds is 12. The molecule has 3 aliphatic rings. The minimum Gasteiger partial charge on any atom is -0.460 e. The second kappa shape index (κ2) is 17.2. The number of aryl methyl sites for hydroxylation is 1. The number of anilines is 1. The lowest BCUT2D eigenvalue weighted by atomic mass is 9.76. The molecule has 2 N–H and O–H groups in total. The highest BCUT2D eigenvalue weighted by molar-refractivity contribution is 6.01. The fourth-order valence-corrected chi connectivity index (χ4v) is 8.34. The molecule has 0 bridgehead atoms. The highest BCUT2D eigenvalue weighted by Gasteiger charge is 2.47. The number of nitrogens with zero attached hydrogens (tertiary/aromatic N) is 1. The minimum atomic E-state index is -0.704. The zero-order valence-corrected chi connectivity index (χ0v) is 30.9. The SMILES string of the molecule is COCCCOC(=O)c1oc2ccc(NC(=O)[C@@H]3[C@H](C4CCCCC4)CCN3C(=O)[C@H]3CC[C@H]([C@@H](CF)NC(=O)OC(C)(C)C)CC3)cc2c1C. The molecule has 5 rings (SSSR count). The number of nitrogens with one attached hydrogen (secondary N) is 2. The molecule has 1 aromatic carbocycles. The first kappa shape index (κ1) is 38.6. The van der Waals surface area contributed by atoms with Gasteiger partial charge in [-0.1, -0.05) is 32.1 Å². The fraction of sp³-hybridized carbons (Fsp3) is 0.692. The number of alkyl halides is 1. The van der Waals surface area contributed by atoms with E-state index in [1.54, 1.807) is 53.0 Å². The van der Waals surface area contributed by atoms with E-state index in [1.807, 2.05) is 4.90 Å². The van der Waals surface area contributed by atoms with Gasteiger partial charge in [0.05, 0.1) is 12.6 Å². The average Bonchev–Trinajstić information content (AvgIpc) is 3.70. The third-order valence-electron chi connectivity index (χ3n) is 10.9. The van der Waals surface area contributed by atoms with Gasteiger partial charge in [-0.15, -0.1) is 0 Å². The van der Waals surface area contributed by atoms with Gasteiger partial charge in [0.25, 0.3) is 0 Å². The van der Waals surface area contributed by atoms with Gasteiger partial charge in [-0.3, -0.25) is 9.59 Å². The Morgan fingerprint density at radius 3 is 2.39 bits per heavy atom. The Labute approximate surface area is 300 Å². The Kier molecular flexibility index (Phi) is 13.0. The summed E-state index contributed by atoms with van der Waals surface area (Å²) in [6.45, 7) is 7.61. The third-order valence-corrected chi connectivity index (χ3v) is 10.9. The van der Waals surface area contributed by atoms with Crippen LogP contribution >= 0.6 is 0 Å². The number of carbonyl (C=O) groups excluding carboxylic acids is 4. The second-order valence-electron chi connectivity index (χ2n) is 15.6. The van der Waals surface area contributed by atoms with Gasteiger partial charge in [0.15, 0.2) is 0 Å². The molecule has 12 heteroatoms. The summed E-state index contributed by atoms with van der Waals surface area (Å²) in [4.78, 5) is 55.3. The van der Waals surface area contributed by atoms with Crippen molar-refractivity contribution in [2.24, 2.45) is 23.7 Å². The van der Waals surface area contributed by atoms with Crippen LogP contribution in [0.25, 0.3) is 11.0 Å². The second-order valence-corrected chi connectivity index (χ2v) is 15.6. The molecule has 2 aliphatic carbocycles. The number of likely N-dealkylation sites (tertiary alicyclic amines) is 1. The Hall–Kier alpha value is -3.67. The van der Waals surface area contributed by atoms with Crippen molar-refractivity contribution >= 4 is 40.5 Å². The van der Waals surface area contributed by atoms with Gasteiger partial charge in [0.1, 0.15) is 23.9 Å². The van der Waals surface area contributed by atoms with E-state index in [0.29, 0.717) is 73.4 Å². The summed E-state index contributed by atoms with van der Waals surface area (Å²) in [7, 11) is 1.59. The molecule has 2 heterocycles. The van der Waals surface area contributed by atoms with Crippen molar-refractivity contribution < 1.29 is 42.2 Å². The van der Waals surface area contributed by atoms with Crippen LogP contribution in [0.4, 0.5) is 14.9 Å². The Morgan fingerprint density at radius 2 is 1.73 bits per heavy atom. The number of methoxy groups -OCH3 is 1. The number of alkyl carbamates (subject to hydrolysis) is 1. The van der Waals surface area contributed by atoms with Crippen molar-refractivity contribution in [1.82, 2.24) is 10.2 Å². The number of amides is 3. The van der Waals surface area contributed by atoms with Crippen molar-refractivity contribution in [3.8, 4) is 0 Å². The molecule has 51 heavy (non-hydrogen) atoms. The molecule has 2 saturated carbocycles. The predicted octanol–water partition coefficient (Wildman–Crippen LogP) is 7.34. The molecule has 0 unspecified atom stereocenters. The number of ether oxygens (including phenoxy) is 3. The lowest BCUT2D eigenvalue weighted by Crippen LogP contribution is -2.50. The van der Waals surface area contributed by atoms with Crippen LogP contribution in [0.5, 0.6) is 0 Å². The molecule has 11 nitrogen and oxygen atoms in total. The molecule has 2 aromatic rings. The summed E-state index contributed by atoms with van der Waals surface area (Å²) in [6, 6.07) is 4.02. The number of halogens is 1. The van der Waals surface area contributed by atoms with E-state index in [0.717, 1.165) is 32.1 Å². The normalized spacial score (nSPS) is 23.5. The Bertz CT molecular complexity index is 1520. The smallest absolute Gasteiger partial charge is 0.407 e. The Morgan fingerprint density at radius 1 is 1.00 bits per heavy atom. The minimum absolute atomic E-state index is 0.0152. The molecule has 282 valence electrons. The van der Waals surface area contributed by atoms with E-state index >= 15 is 0 Å². The van der Waals surface area contributed by atoms with Gasteiger partial charge in [-0.25, -0.2) is 14.0 Å². The van der Waals surface area contributed by atoms with E-state index in [4.69, 9.17) is 18.6 Å². The van der Waals surface area contributed by atoms with Crippen molar-refractivity contribution in [2.45, 2.75) is 116 Å². The maximum Gasteiger partial charge on any atom is 0.407 e. The lowest BCUT2D eigenvalue weighted by molar-refractivity contribution is -0.142. The predicted molar refractivity (Wildman–Crippen MR) is 191 cm³/mol. The van der Waals surface area contributed by atoms with Crippen molar-refractivity contribution in [3.63, 3.8) is 0 Å². The van der Waals surface area contributed by atoms with E-state index in [2.05, 4.69) is 10.6 Å². The van der Waals surface area contributed by atoms with Gasteiger partial charge in [0.2, 0.25) is 17.6 Å². The monoisotopic (exact) mass is 713 g/mol. The van der Waals surface area contributed by atoms with Crippen LogP contribution in [-0.4, -0.2) is 80.0 Å². The molecule has 3 fully saturated rings. The number of furan rings is 1. The van der Waals surface area contributed by atoms with E-state index in [9.17, 15) is 23.6 Å². The first-order valence-corrected chi connectivity index (χ1v) is 18.8. The number of carbonyl (C=O) groups is 4. The van der Waals surface area contributed by atoms with Gasteiger partial charge >= 0.3 is 12.1 Å². The molecule has 3 amide bonds. The van der Waals surface area contributed by atoms with E-state index in [-0.39, 0.29) is 41.9 Å². The highest BCUT2D eigenvalue weighted by atomic mass is 19.1. The fourth-order valence-electron chi connectivity index (χ4n) is 8.34. The van der Waals surface area contributed by atoms with Gasteiger partial charge in [-0.05, 0) is 95.8 Å². The van der Waals surface area contributed by atoms with Crippen LogP contribution in [0.2, 0.25) is 0 Å². The molecule has 0 spiro atoms. The quantitative estimate of drug-likeness (QED) is 0.172. The number of benzene rings is 1.